The monoisotopic (exact) mass is 288 g/mol. The van der Waals surface area contributed by atoms with Crippen molar-refractivity contribution in [2.45, 2.75) is 13.8 Å². The molecule has 5 heteroatoms. The minimum absolute atomic E-state index is 0.316. The van der Waals surface area contributed by atoms with Crippen molar-refractivity contribution in [3.8, 4) is 10.4 Å². The first-order valence-electron chi connectivity index (χ1n) is 6.32. The summed E-state index contributed by atoms with van der Waals surface area (Å²) in [6.45, 7) is 4.42. The zero-order chi connectivity index (χ0) is 14.5. The summed E-state index contributed by atoms with van der Waals surface area (Å²) in [5.74, 6) is -0.923. The molecule has 2 aromatic rings. The SMILES string of the molecule is CCN=CNc1sc(-c2ccccc2)c(C)c1C(=O)O. The van der Waals surface area contributed by atoms with E-state index in [1.165, 1.54) is 11.3 Å². The first-order chi connectivity index (χ1) is 9.65. The van der Waals surface area contributed by atoms with E-state index >= 15 is 0 Å². The van der Waals surface area contributed by atoms with E-state index in [1.807, 2.05) is 44.2 Å². The van der Waals surface area contributed by atoms with Gasteiger partial charge in [-0.15, -0.1) is 11.3 Å². The average Bonchev–Trinajstić information content (AvgIpc) is 2.77. The molecule has 0 amide bonds. The van der Waals surface area contributed by atoms with Crippen LogP contribution in [0.4, 0.5) is 5.00 Å². The molecule has 20 heavy (non-hydrogen) atoms. The summed E-state index contributed by atoms with van der Waals surface area (Å²) in [5.41, 5.74) is 2.12. The number of anilines is 1. The molecule has 0 radical (unpaired) electrons. The second kappa shape index (κ2) is 6.34. The molecule has 0 saturated heterocycles. The maximum atomic E-state index is 11.4. The summed E-state index contributed by atoms with van der Waals surface area (Å²) in [6.07, 6.45) is 1.55. The van der Waals surface area contributed by atoms with Crippen LogP contribution in [0, 0.1) is 6.92 Å². The molecule has 2 N–H and O–H groups in total. The van der Waals surface area contributed by atoms with Crippen LogP contribution in [-0.2, 0) is 0 Å². The molecular formula is C15H16N2O2S. The molecule has 0 aliphatic rings. The Labute approximate surface area is 121 Å². The van der Waals surface area contributed by atoms with E-state index in [4.69, 9.17) is 0 Å². The maximum Gasteiger partial charge on any atom is 0.339 e. The largest absolute Gasteiger partial charge is 0.478 e. The van der Waals surface area contributed by atoms with E-state index < -0.39 is 5.97 Å². The topological polar surface area (TPSA) is 61.7 Å². The van der Waals surface area contributed by atoms with Crippen molar-refractivity contribution in [3.05, 3.63) is 41.5 Å². The van der Waals surface area contributed by atoms with Crippen molar-refractivity contribution < 1.29 is 9.90 Å². The van der Waals surface area contributed by atoms with Crippen molar-refractivity contribution in [3.63, 3.8) is 0 Å². The molecule has 0 fully saturated rings. The van der Waals surface area contributed by atoms with Crippen molar-refractivity contribution in [2.24, 2.45) is 4.99 Å². The molecule has 4 nitrogen and oxygen atoms in total. The zero-order valence-corrected chi connectivity index (χ0v) is 12.2. The number of hydrogen-bond acceptors (Lipinski definition) is 3. The van der Waals surface area contributed by atoms with Crippen LogP contribution in [0.1, 0.15) is 22.8 Å². The number of benzene rings is 1. The lowest BCUT2D eigenvalue weighted by Crippen LogP contribution is -2.03. The normalized spacial score (nSPS) is 10.9. The number of nitrogens with zero attached hydrogens (tertiary/aromatic N) is 1. The highest BCUT2D eigenvalue weighted by molar-refractivity contribution is 7.20. The van der Waals surface area contributed by atoms with E-state index in [0.717, 1.165) is 16.0 Å². The lowest BCUT2D eigenvalue weighted by atomic mass is 10.1. The van der Waals surface area contributed by atoms with Gasteiger partial charge in [0.2, 0.25) is 0 Å². The van der Waals surface area contributed by atoms with E-state index in [2.05, 4.69) is 10.3 Å². The number of carboxylic acid groups (broad SMARTS) is 1. The molecule has 2 rings (SSSR count). The predicted octanol–water partition coefficient (Wildman–Crippen LogP) is 3.88. The number of aliphatic imine (C=N–C) groups is 1. The summed E-state index contributed by atoms with van der Waals surface area (Å²) >= 11 is 1.43. The molecule has 0 aliphatic heterocycles. The molecule has 0 unspecified atom stereocenters. The third kappa shape index (κ3) is 2.88. The Hall–Kier alpha value is -2.14. The minimum Gasteiger partial charge on any atom is -0.478 e. The summed E-state index contributed by atoms with van der Waals surface area (Å²) in [7, 11) is 0. The standard InChI is InChI=1S/C15H16N2O2S/c1-3-16-9-17-14-12(15(18)19)10(2)13(20-14)11-7-5-4-6-8-11/h4-9H,3H2,1-2H3,(H,16,17)(H,18,19). The van der Waals surface area contributed by atoms with Crippen LogP contribution in [0.2, 0.25) is 0 Å². The van der Waals surface area contributed by atoms with Crippen molar-refractivity contribution >= 4 is 28.6 Å². The van der Waals surface area contributed by atoms with Crippen LogP contribution in [0.15, 0.2) is 35.3 Å². The Morgan fingerprint density at radius 1 is 1.40 bits per heavy atom. The number of nitrogens with one attached hydrogen (secondary N) is 1. The number of rotatable bonds is 5. The predicted molar refractivity (Wildman–Crippen MR) is 84.1 cm³/mol. The summed E-state index contributed by atoms with van der Waals surface area (Å²) < 4.78 is 0. The quantitative estimate of drug-likeness (QED) is 0.648. The van der Waals surface area contributed by atoms with Gasteiger partial charge in [-0.2, -0.15) is 0 Å². The van der Waals surface area contributed by atoms with Gasteiger partial charge < -0.3 is 10.4 Å². The van der Waals surface area contributed by atoms with Crippen LogP contribution in [0.3, 0.4) is 0 Å². The highest BCUT2D eigenvalue weighted by Gasteiger charge is 2.20. The molecule has 1 aromatic heterocycles. The highest BCUT2D eigenvalue weighted by Crippen LogP contribution is 2.39. The van der Waals surface area contributed by atoms with E-state index in [0.29, 0.717) is 17.1 Å². The molecule has 0 atom stereocenters. The van der Waals surface area contributed by atoms with Crippen LogP contribution >= 0.6 is 11.3 Å². The maximum absolute atomic E-state index is 11.4. The van der Waals surface area contributed by atoms with Gasteiger partial charge in [0.25, 0.3) is 0 Å². The highest BCUT2D eigenvalue weighted by atomic mass is 32.1. The van der Waals surface area contributed by atoms with Crippen LogP contribution in [0.25, 0.3) is 10.4 Å². The smallest absolute Gasteiger partial charge is 0.339 e. The summed E-state index contributed by atoms with van der Waals surface area (Å²) in [4.78, 5) is 16.5. The van der Waals surface area contributed by atoms with Gasteiger partial charge in [0.1, 0.15) is 5.00 Å². The zero-order valence-electron chi connectivity index (χ0n) is 11.4. The van der Waals surface area contributed by atoms with E-state index in [-0.39, 0.29) is 0 Å². The first-order valence-corrected chi connectivity index (χ1v) is 7.13. The molecular weight excluding hydrogens is 272 g/mol. The second-order valence-electron chi connectivity index (χ2n) is 4.20. The fourth-order valence-corrected chi connectivity index (χ4v) is 3.10. The Bertz CT molecular complexity index is 633. The van der Waals surface area contributed by atoms with Crippen molar-refractivity contribution in [1.82, 2.24) is 0 Å². The Balaban J connectivity index is 2.47. The number of carbonyl (C=O) groups is 1. The Morgan fingerprint density at radius 2 is 2.10 bits per heavy atom. The van der Waals surface area contributed by atoms with Gasteiger partial charge in [0, 0.05) is 11.4 Å². The van der Waals surface area contributed by atoms with Crippen LogP contribution in [-0.4, -0.2) is 24.0 Å². The minimum atomic E-state index is -0.923. The van der Waals surface area contributed by atoms with E-state index in [1.54, 1.807) is 6.34 Å². The first kappa shape index (κ1) is 14.3. The van der Waals surface area contributed by atoms with Crippen LogP contribution in [0.5, 0.6) is 0 Å². The average molecular weight is 288 g/mol. The van der Waals surface area contributed by atoms with Gasteiger partial charge >= 0.3 is 5.97 Å². The van der Waals surface area contributed by atoms with Gasteiger partial charge in [-0.05, 0) is 25.0 Å². The van der Waals surface area contributed by atoms with Crippen molar-refractivity contribution in [1.29, 1.82) is 0 Å². The number of aromatic carboxylic acids is 1. The summed E-state index contributed by atoms with van der Waals surface area (Å²) in [6, 6.07) is 9.79. The van der Waals surface area contributed by atoms with Gasteiger partial charge in [-0.3, -0.25) is 4.99 Å². The molecule has 0 aliphatic carbocycles. The Kier molecular flexibility index (Phi) is 4.53. The number of carboxylic acids is 1. The van der Waals surface area contributed by atoms with E-state index in [9.17, 15) is 9.90 Å². The molecule has 0 saturated carbocycles. The molecule has 0 bridgehead atoms. The van der Waals surface area contributed by atoms with Gasteiger partial charge in [-0.1, -0.05) is 30.3 Å². The third-order valence-electron chi connectivity index (χ3n) is 2.87. The third-order valence-corrected chi connectivity index (χ3v) is 4.14. The number of hydrogen-bond donors (Lipinski definition) is 2. The fraction of sp³-hybridized carbons (Fsp3) is 0.200. The lowest BCUT2D eigenvalue weighted by Gasteiger charge is -1.99. The van der Waals surface area contributed by atoms with Gasteiger partial charge in [-0.25, -0.2) is 4.79 Å². The fourth-order valence-electron chi connectivity index (χ4n) is 1.93. The molecule has 1 heterocycles. The molecule has 0 spiro atoms. The van der Waals surface area contributed by atoms with Gasteiger partial charge in [0.05, 0.1) is 11.9 Å². The summed E-state index contributed by atoms with van der Waals surface area (Å²) in [5, 5.41) is 13.0. The van der Waals surface area contributed by atoms with Crippen LogP contribution < -0.4 is 5.32 Å². The molecule has 1 aromatic carbocycles. The number of thiophene rings is 1. The van der Waals surface area contributed by atoms with Gasteiger partial charge in [0.15, 0.2) is 0 Å². The second-order valence-corrected chi connectivity index (χ2v) is 5.22. The Morgan fingerprint density at radius 3 is 2.70 bits per heavy atom. The molecule has 104 valence electrons. The van der Waals surface area contributed by atoms with Crippen molar-refractivity contribution in [2.75, 3.05) is 11.9 Å². The lowest BCUT2D eigenvalue weighted by molar-refractivity contribution is 0.0698.